The molecule has 0 aliphatic rings. The maximum Gasteiger partial charge on any atom is 0.316 e. The Bertz CT molecular complexity index is 1700. The maximum atomic E-state index is 12.8. The van der Waals surface area contributed by atoms with E-state index < -0.39 is 10.2 Å². The molecule has 0 radical (unpaired) electrons. The molecular weight excluding hydrogens is 652 g/mol. The van der Waals surface area contributed by atoms with Gasteiger partial charge in [0.25, 0.3) is 0 Å². The number of rotatable bonds is 12. The average Bonchev–Trinajstić information content (AvgIpc) is 3.04. The molecule has 13 nitrogen and oxygen atoms in total. The molecule has 0 bridgehead atoms. The molecule has 0 saturated carbocycles. The number of nitrogens with zero attached hydrogens (tertiary/aromatic N) is 6. The van der Waals surface area contributed by atoms with Crippen molar-refractivity contribution in [2.45, 2.75) is 13.5 Å². The molecule has 5 aromatic rings. The number of methoxy groups -OCH3 is 1. The Hall–Kier alpha value is -4.73. The van der Waals surface area contributed by atoms with Crippen LogP contribution in [0.5, 0.6) is 17.6 Å². The minimum Gasteiger partial charge on any atom is -0.494 e. The fraction of sp³-hybridized carbons (Fsp3) is 0.172. The molecule has 5 rings (SSSR count). The number of pyridine rings is 2. The van der Waals surface area contributed by atoms with Gasteiger partial charge in [-0.25, -0.2) is 9.97 Å². The highest BCUT2D eigenvalue weighted by molar-refractivity contribution is 9.10. The number of ether oxygens (including phenoxy) is 3. The molecule has 1 aromatic carbocycles. The highest BCUT2D eigenvalue weighted by Crippen LogP contribution is 2.35. The summed E-state index contributed by atoms with van der Waals surface area (Å²) in [4.78, 5) is 24.4. The molecule has 0 fully saturated rings. The third-order valence-electron chi connectivity index (χ3n) is 5.55. The predicted octanol–water partition coefficient (Wildman–Crippen LogP) is 4.39. The van der Waals surface area contributed by atoms with Crippen LogP contribution in [0.3, 0.4) is 0 Å². The second-order valence-electron chi connectivity index (χ2n) is 8.79. The molecule has 0 spiro atoms. The van der Waals surface area contributed by atoms with Gasteiger partial charge < -0.3 is 14.2 Å². The molecule has 228 valence electrons. The van der Waals surface area contributed by atoms with Crippen molar-refractivity contribution in [3.05, 3.63) is 108 Å². The number of halogens is 1. The number of benzene rings is 1. The Kier molecular flexibility index (Phi) is 11.9. The molecule has 0 aliphatic heterocycles. The summed E-state index contributed by atoms with van der Waals surface area (Å²) < 4.78 is 47.7. The number of nitrogens with one attached hydrogen (secondary N) is 2. The SMILES string of the molecule is COc1cnc(OCCOc2ncnc(NS(=O)(=O)NCc3ccccn3)c2-c2ccc(Br)cc2)nc1.Cc1cccnc1. The first kappa shape index (κ1) is 32.2. The summed E-state index contributed by atoms with van der Waals surface area (Å²) in [7, 11) is -2.49. The fourth-order valence-electron chi connectivity index (χ4n) is 3.47. The van der Waals surface area contributed by atoms with E-state index in [1.807, 2.05) is 37.4 Å². The van der Waals surface area contributed by atoms with E-state index in [1.165, 1.54) is 31.4 Å². The summed E-state index contributed by atoms with van der Waals surface area (Å²) in [6, 6.07) is 16.5. The standard InChI is InChI=1S/C23H22BrN7O5S.C6H7N/c1-34-19-13-26-23(27-14-19)36-11-10-35-22-20(16-5-7-17(24)8-6-16)21(28-15-29-22)31-37(32,33)30-12-18-4-2-3-9-25-18;1-6-3-2-4-7-5-6/h2-9,13-15,30H,10-12H2,1H3,(H,28,29,31);2-5H,1H3. The summed E-state index contributed by atoms with van der Waals surface area (Å²) >= 11 is 3.40. The highest BCUT2D eigenvalue weighted by atomic mass is 79.9. The number of hydrogen-bond acceptors (Lipinski definition) is 11. The van der Waals surface area contributed by atoms with Gasteiger partial charge in [-0.3, -0.25) is 14.7 Å². The van der Waals surface area contributed by atoms with E-state index >= 15 is 0 Å². The van der Waals surface area contributed by atoms with E-state index in [1.54, 1.807) is 42.7 Å². The van der Waals surface area contributed by atoms with Crippen LogP contribution >= 0.6 is 15.9 Å². The summed E-state index contributed by atoms with van der Waals surface area (Å²) in [6.07, 6.45) is 9.37. The van der Waals surface area contributed by atoms with Crippen LogP contribution in [-0.4, -0.2) is 58.6 Å². The maximum absolute atomic E-state index is 12.8. The Morgan fingerprint density at radius 1 is 0.841 bits per heavy atom. The monoisotopic (exact) mass is 680 g/mol. The molecule has 0 atom stereocenters. The second kappa shape index (κ2) is 16.2. The summed E-state index contributed by atoms with van der Waals surface area (Å²) in [5.74, 6) is 0.715. The van der Waals surface area contributed by atoms with Gasteiger partial charge in [0.15, 0.2) is 11.6 Å². The first-order chi connectivity index (χ1) is 21.3. The van der Waals surface area contributed by atoms with Crippen LogP contribution in [0.1, 0.15) is 11.3 Å². The first-order valence-electron chi connectivity index (χ1n) is 13.1. The topological polar surface area (TPSA) is 163 Å². The van der Waals surface area contributed by atoms with Crippen molar-refractivity contribution in [2.24, 2.45) is 0 Å². The van der Waals surface area contributed by atoms with E-state index in [0.717, 1.165) is 4.47 Å². The van der Waals surface area contributed by atoms with Gasteiger partial charge >= 0.3 is 16.2 Å². The number of hydrogen-bond donors (Lipinski definition) is 2. The van der Waals surface area contributed by atoms with Crippen LogP contribution in [0.15, 0.2) is 96.4 Å². The molecule has 2 N–H and O–H groups in total. The molecular formula is C29H29BrN8O5S. The van der Waals surface area contributed by atoms with E-state index in [4.69, 9.17) is 14.2 Å². The van der Waals surface area contributed by atoms with E-state index in [-0.39, 0.29) is 37.5 Å². The van der Waals surface area contributed by atoms with Gasteiger partial charge in [0.2, 0.25) is 5.88 Å². The molecule has 15 heteroatoms. The van der Waals surface area contributed by atoms with Crippen molar-refractivity contribution in [3.8, 4) is 28.8 Å². The zero-order valence-electron chi connectivity index (χ0n) is 23.8. The van der Waals surface area contributed by atoms with Crippen LogP contribution in [0.4, 0.5) is 5.82 Å². The van der Waals surface area contributed by atoms with Gasteiger partial charge in [0, 0.05) is 23.1 Å². The average molecular weight is 682 g/mol. The van der Waals surface area contributed by atoms with Crippen molar-refractivity contribution >= 4 is 32.0 Å². The number of aryl methyl sites for hydroxylation is 1. The van der Waals surface area contributed by atoms with Gasteiger partial charge in [0.1, 0.15) is 19.5 Å². The molecule has 4 aromatic heterocycles. The molecule has 44 heavy (non-hydrogen) atoms. The van der Waals surface area contributed by atoms with Crippen LogP contribution in [0.2, 0.25) is 0 Å². The van der Waals surface area contributed by atoms with Crippen LogP contribution in [0.25, 0.3) is 11.1 Å². The smallest absolute Gasteiger partial charge is 0.316 e. The highest BCUT2D eigenvalue weighted by Gasteiger charge is 2.20. The lowest BCUT2D eigenvalue weighted by atomic mass is 10.1. The Morgan fingerprint density at radius 2 is 1.61 bits per heavy atom. The van der Waals surface area contributed by atoms with Gasteiger partial charge in [-0.2, -0.15) is 23.1 Å². The second-order valence-corrected chi connectivity index (χ2v) is 11.2. The minimum atomic E-state index is -4.00. The zero-order chi connectivity index (χ0) is 31.2. The van der Waals surface area contributed by atoms with E-state index in [9.17, 15) is 8.42 Å². The molecule has 0 aliphatic carbocycles. The summed E-state index contributed by atoms with van der Waals surface area (Å²) in [5.41, 5.74) is 2.77. The lowest BCUT2D eigenvalue weighted by Crippen LogP contribution is -2.30. The summed E-state index contributed by atoms with van der Waals surface area (Å²) in [6.45, 7) is 2.22. The lowest BCUT2D eigenvalue weighted by Gasteiger charge is -2.16. The quantitative estimate of drug-likeness (QED) is 0.180. The van der Waals surface area contributed by atoms with Gasteiger partial charge in [-0.1, -0.05) is 40.2 Å². The fourth-order valence-corrected chi connectivity index (χ4v) is 4.56. The van der Waals surface area contributed by atoms with Crippen molar-refractivity contribution in [3.63, 3.8) is 0 Å². The third kappa shape index (κ3) is 10.2. The Labute approximate surface area is 263 Å². The lowest BCUT2D eigenvalue weighted by molar-refractivity contribution is 0.201. The van der Waals surface area contributed by atoms with E-state index in [2.05, 4.69) is 55.3 Å². The Morgan fingerprint density at radius 3 is 2.25 bits per heavy atom. The van der Waals surface area contributed by atoms with Crippen molar-refractivity contribution in [1.82, 2.24) is 34.6 Å². The van der Waals surface area contributed by atoms with Crippen molar-refractivity contribution in [2.75, 3.05) is 25.0 Å². The first-order valence-corrected chi connectivity index (χ1v) is 15.4. The van der Waals surface area contributed by atoms with Crippen LogP contribution in [-0.2, 0) is 16.8 Å². The number of aromatic nitrogens is 6. The van der Waals surface area contributed by atoms with Crippen LogP contribution < -0.4 is 23.7 Å². The normalized spacial score (nSPS) is 10.7. The molecule has 0 amide bonds. The summed E-state index contributed by atoms with van der Waals surface area (Å²) in [5, 5.41) is 0. The zero-order valence-corrected chi connectivity index (χ0v) is 26.2. The Balaban J connectivity index is 0.000000555. The largest absolute Gasteiger partial charge is 0.494 e. The minimum absolute atomic E-state index is 0.00298. The molecule has 0 unspecified atom stereocenters. The van der Waals surface area contributed by atoms with Gasteiger partial charge in [0.05, 0.1) is 37.3 Å². The predicted molar refractivity (Wildman–Crippen MR) is 167 cm³/mol. The third-order valence-corrected chi connectivity index (χ3v) is 7.06. The van der Waals surface area contributed by atoms with E-state index in [0.29, 0.717) is 22.6 Å². The van der Waals surface area contributed by atoms with Crippen LogP contribution in [0, 0.1) is 6.92 Å². The van der Waals surface area contributed by atoms with Gasteiger partial charge in [-0.15, -0.1) is 0 Å². The van der Waals surface area contributed by atoms with Gasteiger partial charge in [-0.05, 0) is 48.4 Å². The number of anilines is 1. The molecule has 4 heterocycles. The van der Waals surface area contributed by atoms with Crippen molar-refractivity contribution in [1.29, 1.82) is 0 Å². The van der Waals surface area contributed by atoms with Crippen molar-refractivity contribution < 1.29 is 22.6 Å². The molecule has 0 saturated heterocycles.